The first-order chi connectivity index (χ1) is 17.1. The third kappa shape index (κ3) is 7.39. The van der Waals surface area contributed by atoms with Crippen molar-refractivity contribution in [3.05, 3.63) is 41.0 Å². The molecule has 1 saturated heterocycles. The van der Waals surface area contributed by atoms with Crippen molar-refractivity contribution in [1.29, 1.82) is 0 Å². The molecule has 0 unspecified atom stereocenters. The van der Waals surface area contributed by atoms with E-state index in [2.05, 4.69) is 38.0 Å². The zero-order valence-electron chi connectivity index (χ0n) is 22.5. The number of carbonyl (C=O) groups is 2. The van der Waals surface area contributed by atoms with Crippen LogP contribution in [0.2, 0.25) is 0 Å². The fourth-order valence-electron chi connectivity index (χ4n) is 5.04. The second kappa shape index (κ2) is 12.8. The molecule has 0 saturated carbocycles. The Balaban J connectivity index is 1.61. The van der Waals surface area contributed by atoms with Gasteiger partial charge in [0.1, 0.15) is 6.04 Å². The number of aromatic nitrogens is 1. The first kappa shape index (κ1) is 28.3. The van der Waals surface area contributed by atoms with E-state index in [4.69, 9.17) is 0 Å². The van der Waals surface area contributed by atoms with E-state index in [1.807, 2.05) is 36.7 Å². The van der Waals surface area contributed by atoms with Crippen molar-refractivity contribution < 1.29 is 14.7 Å². The molecule has 0 aliphatic carbocycles. The molecule has 1 aromatic carbocycles. The number of likely N-dealkylation sites (tertiary alicyclic amines) is 1. The highest BCUT2D eigenvalue weighted by atomic mass is 32.1. The van der Waals surface area contributed by atoms with Crippen molar-refractivity contribution >= 4 is 23.2 Å². The van der Waals surface area contributed by atoms with Crippen molar-refractivity contribution in [3.8, 4) is 10.4 Å². The number of aliphatic hydroxyl groups is 1. The molecule has 1 fully saturated rings. The van der Waals surface area contributed by atoms with E-state index in [9.17, 15) is 14.7 Å². The summed E-state index contributed by atoms with van der Waals surface area (Å²) in [6, 6.07) is 7.48. The highest BCUT2D eigenvalue weighted by molar-refractivity contribution is 7.13. The first-order valence-electron chi connectivity index (χ1n) is 13.4. The van der Waals surface area contributed by atoms with E-state index >= 15 is 0 Å². The summed E-state index contributed by atoms with van der Waals surface area (Å²) in [5.41, 5.74) is 4.77. The number of aliphatic hydroxyl groups excluding tert-OH is 1. The lowest BCUT2D eigenvalue weighted by Gasteiger charge is -2.35. The lowest BCUT2D eigenvalue weighted by atomic mass is 9.76. The Morgan fingerprint density at radius 1 is 1.17 bits per heavy atom. The molecule has 7 heteroatoms. The number of amides is 2. The van der Waals surface area contributed by atoms with Crippen LogP contribution in [0.4, 0.5) is 0 Å². The molecular weight excluding hydrogens is 470 g/mol. The molecule has 2 aromatic rings. The second-order valence-electron chi connectivity index (χ2n) is 11.2. The fourth-order valence-corrected chi connectivity index (χ4v) is 5.86. The Morgan fingerprint density at radius 2 is 1.86 bits per heavy atom. The summed E-state index contributed by atoms with van der Waals surface area (Å²) in [7, 11) is 0. The van der Waals surface area contributed by atoms with Gasteiger partial charge in [-0.15, -0.1) is 11.3 Å². The van der Waals surface area contributed by atoms with Crippen LogP contribution in [-0.2, 0) is 16.1 Å². The number of carbonyl (C=O) groups excluding carboxylic acids is 2. The summed E-state index contributed by atoms with van der Waals surface area (Å²) in [6.45, 7) is 11.1. The number of hydrogen-bond acceptors (Lipinski definition) is 5. The molecule has 2 amide bonds. The van der Waals surface area contributed by atoms with Gasteiger partial charge in [0, 0.05) is 25.4 Å². The molecule has 198 valence electrons. The number of thiazole rings is 1. The standard InChI is InChI=1S/C29H43N3O3S/c1-6-7-8-9-10-11-24(29(3,4)5)28(35)32-18-23(33)16-25(32)27(34)30-17-21-12-14-22(15-13-21)26-20(2)31-19-36-26/h12-15,19,23-25,33H,6-11,16-18H2,1-5H3,(H,30,34)/t23-,24-,25+/m1/s1. The van der Waals surface area contributed by atoms with Gasteiger partial charge in [-0.25, -0.2) is 4.98 Å². The van der Waals surface area contributed by atoms with Crippen molar-refractivity contribution in [2.24, 2.45) is 11.3 Å². The Hall–Kier alpha value is -2.25. The van der Waals surface area contributed by atoms with Crippen LogP contribution in [0.3, 0.4) is 0 Å². The maximum atomic E-state index is 13.7. The largest absolute Gasteiger partial charge is 0.391 e. The molecule has 2 N–H and O–H groups in total. The Bertz CT molecular complexity index is 996. The van der Waals surface area contributed by atoms with Crippen LogP contribution in [0, 0.1) is 18.3 Å². The SMILES string of the molecule is CCCCCCC[C@H](C(=O)N1C[C@H](O)C[C@H]1C(=O)NCc1ccc(-c2scnc2C)cc1)C(C)(C)C. The van der Waals surface area contributed by atoms with E-state index in [-0.39, 0.29) is 36.1 Å². The molecule has 0 spiro atoms. The van der Waals surface area contributed by atoms with Gasteiger partial charge >= 0.3 is 0 Å². The lowest BCUT2D eigenvalue weighted by Crippen LogP contribution is -2.49. The van der Waals surface area contributed by atoms with Crippen LogP contribution in [0.25, 0.3) is 10.4 Å². The number of nitrogens with zero attached hydrogens (tertiary/aromatic N) is 2. The Kier molecular flexibility index (Phi) is 10.1. The molecule has 2 heterocycles. The van der Waals surface area contributed by atoms with Gasteiger partial charge in [0.25, 0.3) is 0 Å². The first-order valence-corrected chi connectivity index (χ1v) is 14.3. The smallest absolute Gasteiger partial charge is 0.243 e. The van der Waals surface area contributed by atoms with Gasteiger partial charge in [-0.3, -0.25) is 9.59 Å². The van der Waals surface area contributed by atoms with Crippen LogP contribution in [0.15, 0.2) is 29.8 Å². The molecular formula is C29H43N3O3S. The van der Waals surface area contributed by atoms with Crippen LogP contribution >= 0.6 is 11.3 Å². The maximum absolute atomic E-state index is 13.7. The lowest BCUT2D eigenvalue weighted by molar-refractivity contribution is -0.145. The van der Waals surface area contributed by atoms with Gasteiger partial charge < -0.3 is 15.3 Å². The van der Waals surface area contributed by atoms with Crippen LogP contribution in [0.5, 0.6) is 0 Å². The molecule has 0 radical (unpaired) electrons. The third-order valence-electron chi connectivity index (χ3n) is 7.23. The van der Waals surface area contributed by atoms with Gasteiger partial charge in [0.15, 0.2) is 0 Å². The number of unbranched alkanes of at least 4 members (excludes halogenated alkanes) is 4. The van der Waals surface area contributed by atoms with Crippen LogP contribution < -0.4 is 5.32 Å². The number of nitrogens with one attached hydrogen (secondary N) is 1. The topological polar surface area (TPSA) is 82.5 Å². The van der Waals surface area contributed by atoms with Gasteiger partial charge in [-0.1, -0.05) is 84.1 Å². The van der Waals surface area contributed by atoms with E-state index < -0.39 is 12.1 Å². The Labute approximate surface area is 220 Å². The number of hydrogen-bond donors (Lipinski definition) is 2. The second-order valence-corrected chi connectivity index (χ2v) is 12.1. The summed E-state index contributed by atoms with van der Waals surface area (Å²) in [4.78, 5) is 33.9. The molecule has 3 rings (SSSR count). The third-order valence-corrected chi connectivity index (χ3v) is 8.21. The molecule has 36 heavy (non-hydrogen) atoms. The number of aryl methyl sites for hydroxylation is 1. The van der Waals surface area contributed by atoms with Crippen LogP contribution in [0.1, 0.15) is 83.9 Å². The number of benzene rings is 1. The summed E-state index contributed by atoms with van der Waals surface area (Å²) < 4.78 is 0. The van der Waals surface area contributed by atoms with E-state index in [1.54, 1.807) is 16.2 Å². The molecule has 1 aromatic heterocycles. The van der Waals surface area contributed by atoms with E-state index in [0.717, 1.165) is 41.0 Å². The van der Waals surface area contributed by atoms with Crippen molar-refractivity contribution in [1.82, 2.24) is 15.2 Å². The predicted octanol–water partition coefficient (Wildman–Crippen LogP) is 5.72. The molecule has 0 bridgehead atoms. The summed E-state index contributed by atoms with van der Waals surface area (Å²) >= 11 is 1.62. The van der Waals surface area contributed by atoms with Crippen molar-refractivity contribution in [2.45, 2.75) is 98.3 Å². The monoisotopic (exact) mass is 513 g/mol. The van der Waals surface area contributed by atoms with Gasteiger partial charge in [-0.05, 0) is 29.9 Å². The number of β-amino-alcohol motifs (C(OH)–C–C–N with tert-alkyl or cyclic N) is 1. The van der Waals surface area contributed by atoms with Crippen molar-refractivity contribution in [2.75, 3.05) is 6.54 Å². The van der Waals surface area contributed by atoms with Crippen LogP contribution in [-0.4, -0.2) is 45.5 Å². The highest BCUT2D eigenvalue weighted by Gasteiger charge is 2.43. The molecule has 6 nitrogen and oxygen atoms in total. The van der Waals surface area contributed by atoms with Gasteiger partial charge in [0.05, 0.1) is 22.2 Å². The average Bonchev–Trinajstić information content (AvgIpc) is 3.44. The van der Waals surface area contributed by atoms with E-state index in [0.29, 0.717) is 6.54 Å². The summed E-state index contributed by atoms with van der Waals surface area (Å²) in [5.74, 6) is -0.362. The minimum absolute atomic E-state index is 0.000952. The minimum Gasteiger partial charge on any atom is -0.391 e. The predicted molar refractivity (Wildman–Crippen MR) is 147 cm³/mol. The normalized spacial score (nSPS) is 18.9. The number of rotatable bonds is 11. The van der Waals surface area contributed by atoms with Gasteiger partial charge in [-0.2, -0.15) is 0 Å². The van der Waals surface area contributed by atoms with Gasteiger partial charge in [0.2, 0.25) is 11.8 Å². The van der Waals surface area contributed by atoms with E-state index in [1.165, 1.54) is 19.3 Å². The maximum Gasteiger partial charge on any atom is 0.243 e. The molecule has 3 atom stereocenters. The Morgan fingerprint density at radius 3 is 2.47 bits per heavy atom. The molecule has 1 aliphatic rings. The van der Waals surface area contributed by atoms with Crippen molar-refractivity contribution in [3.63, 3.8) is 0 Å². The molecule has 1 aliphatic heterocycles. The minimum atomic E-state index is -0.670. The summed E-state index contributed by atoms with van der Waals surface area (Å²) in [5, 5.41) is 13.4. The highest BCUT2D eigenvalue weighted by Crippen LogP contribution is 2.34. The zero-order valence-corrected chi connectivity index (χ0v) is 23.4. The zero-order chi connectivity index (χ0) is 26.3. The average molecular weight is 514 g/mol. The summed E-state index contributed by atoms with van der Waals surface area (Å²) in [6.07, 6.45) is 6.19. The quantitative estimate of drug-likeness (QED) is 0.377. The fraction of sp³-hybridized carbons (Fsp3) is 0.621.